The number of thiazole rings is 1. The molecule has 0 saturated carbocycles. The summed E-state index contributed by atoms with van der Waals surface area (Å²) >= 11 is 5.01. The predicted octanol–water partition coefficient (Wildman–Crippen LogP) is 2.71. The maximum absolute atomic E-state index is 10.1. The van der Waals surface area contributed by atoms with Crippen LogP contribution < -0.4 is 0 Å². The van der Waals surface area contributed by atoms with E-state index in [1.165, 1.54) is 11.3 Å². The molecule has 92 valence electrons. The fourth-order valence-corrected chi connectivity index (χ4v) is 2.78. The molecule has 2 aromatic heterocycles. The molecule has 4 nitrogen and oxygen atoms in total. The molecule has 0 aliphatic rings. The van der Waals surface area contributed by atoms with E-state index in [4.69, 9.17) is 0 Å². The van der Waals surface area contributed by atoms with Gasteiger partial charge in [-0.1, -0.05) is 0 Å². The van der Waals surface area contributed by atoms with Crippen molar-refractivity contribution in [2.75, 3.05) is 0 Å². The van der Waals surface area contributed by atoms with Crippen LogP contribution in [0.5, 0.6) is 0 Å². The summed E-state index contributed by atoms with van der Waals surface area (Å²) in [6.07, 6.45) is -0.0436. The second-order valence-corrected chi connectivity index (χ2v) is 5.31. The zero-order valence-electron chi connectivity index (χ0n) is 9.72. The zero-order valence-corrected chi connectivity index (χ0v) is 12.1. The Morgan fingerprint density at radius 2 is 2.35 bits per heavy atom. The number of rotatable bonds is 4. The van der Waals surface area contributed by atoms with Crippen molar-refractivity contribution in [1.29, 1.82) is 0 Å². The Kier molecular flexibility index (Phi) is 3.96. The van der Waals surface area contributed by atoms with Crippen LogP contribution in [0.3, 0.4) is 0 Å². The molecule has 1 N–H and O–H groups in total. The maximum atomic E-state index is 10.1. The van der Waals surface area contributed by atoms with Crippen LogP contribution in [-0.4, -0.2) is 19.9 Å². The number of nitrogens with zero attached hydrogens (tertiary/aromatic N) is 3. The van der Waals surface area contributed by atoms with Gasteiger partial charge in [0.2, 0.25) is 0 Å². The van der Waals surface area contributed by atoms with E-state index in [1.54, 1.807) is 5.51 Å². The monoisotopic (exact) mass is 315 g/mol. The van der Waals surface area contributed by atoms with Gasteiger partial charge in [0.25, 0.3) is 0 Å². The molecule has 0 radical (unpaired) electrons. The Morgan fingerprint density at radius 3 is 2.94 bits per heavy atom. The van der Waals surface area contributed by atoms with Gasteiger partial charge in [-0.25, -0.2) is 4.98 Å². The summed E-state index contributed by atoms with van der Waals surface area (Å²) in [6.45, 7) is 4.79. The van der Waals surface area contributed by atoms with Crippen LogP contribution in [0, 0.1) is 6.92 Å². The summed E-state index contributed by atoms with van der Waals surface area (Å²) < 4.78 is 2.89. The van der Waals surface area contributed by atoms with Gasteiger partial charge in [-0.05, 0) is 29.8 Å². The molecular weight excluding hydrogens is 302 g/mol. The second kappa shape index (κ2) is 5.29. The number of hydrogen-bond acceptors (Lipinski definition) is 4. The van der Waals surface area contributed by atoms with Crippen LogP contribution in [0.4, 0.5) is 0 Å². The number of aliphatic hydroxyl groups is 1. The van der Waals surface area contributed by atoms with Crippen molar-refractivity contribution in [3.63, 3.8) is 0 Å². The first kappa shape index (κ1) is 12.7. The SMILES string of the molecule is CCn1nc(C)c(Br)c1CC(O)c1cscn1. The summed E-state index contributed by atoms with van der Waals surface area (Å²) in [5.41, 5.74) is 4.43. The molecule has 0 fully saturated rings. The molecule has 1 atom stereocenters. The van der Waals surface area contributed by atoms with Gasteiger partial charge in [0.05, 0.1) is 27.1 Å². The smallest absolute Gasteiger partial charge is 0.102 e. The van der Waals surface area contributed by atoms with Crippen molar-refractivity contribution in [2.24, 2.45) is 0 Å². The van der Waals surface area contributed by atoms with Crippen molar-refractivity contribution in [1.82, 2.24) is 14.8 Å². The Morgan fingerprint density at radius 1 is 1.59 bits per heavy atom. The lowest BCUT2D eigenvalue weighted by atomic mass is 10.1. The van der Waals surface area contributed by atoms with E-state index < -0.39 is 6.10 Å². The van der Waals surface area contributed by atoms with Crippen LogP contribution in [0.1, 0.15) is 30.1 Å². The van der Waals surface area contributed by atoms with Crippen molar-refractivity contribution >= 4 is 27.3 Å². The van der Waals surface area contributed by atoms with Gasteiger partial charge >= 0.3 is 0 Å². The van der Waals surface area contributed by atoms with E-state index in [1.807, 2.05) is 23.9 Å². The van der Waals surface area contributed by atoms with Crippen molar-refractivity contribution < 1.29 is 5.11 Å². The van der Waals surface area contributed by atoms with Gasteiger partial charge in [-0.15, -0.1) is 11.3 Å². The second-order valence-electron chi connectivity index (χ2n) is 3.80. The third kappa shape index (κ3) is 2.59. The lowest BCUT2D eigenvalue weighted by Crippen LogP contribution is -2.09. The molecule has 1 unspecified atom stereocenters. The number of aryl methyl sites for hydroxylation is 2. The minimum atomic E-state index is -0.570. The molecule has 0 aliphatic heterocycles. The number of aliphatic hydroxyl groups excluding tert-OH is 1. The molecule has 2 rings (SSSR count). The van der Waals surface area contributed by atoms with Crippen molar-refractivity contribution in [3.8, 4) is 0 Å². The molecular formula is C11H14BrN3OS. The van der Waals surface area contributed by atoms with E-state index in [0.29, 0.717) is 6.42 Å². The molecule has 2 aromatic rings. The van der Waals surface area contributed by atoms with Gasteiger partial charge in [0.15, 0.2) is 0 Å². The maximum Gasteiger partial charge on any atom is 0.102 e. The third-order valence-electron chi connectivity index (χ3n) is 2.63. The highest BCUT2D eigenvalue weighted by atomic mass is 79.9. The normalized spacial score (nSPS) is 12.9. The summed E-state index contributed by atoms with van der Waals surface area (Å²) in [5.74, 6) is 0. The molecule has 0 amide bonds. The van der Waals surface area contributed by atoms with Crippen LogP contribution in [0.25, 0.3) is 0 Å². The molecule has 0 saturated heterocycles. The lowest BCUT2D eigenvalue weighted by Gasteiger charge is -2.10. The van der Waals surface area contributed by atoms with Crippen LogP contribution in [-0.2, 0) is 13.0 Å². The fraction of sp³-hybridized carbons (Fsp3) is 0.455. The van der Waals surface area contributed by atoms with Crippen LogP contribution >= 0.6 is 27.3 Å². The first-order valence-electron chi connectivity index (χ1n) is 5.41. The van der Waals surface area contributed by atoms with Gasteiger partial charge < -0.3 is 5.11 Å². The average molecular weight is 316 g/mol. The first-order valence-corrected chi connectivity index (χ1v) is 7.15. The molecule has 6 heteroatoms. The molecule has 17 heavy (non-hydrogen) atoms. The largest absolute Gasteiger partial charge is 0.386 e. The van der Waals surface area contributed by atoms with E-state index in [-0.39, 0.29) is 0 Å². The fourth-order valence-electron chi connectivity index (χ4n) is 1.74. The molecule has 0 spiro atoms. The van der Waals surface area contributed by atoms with Crippen LogP contribution in [0.15, 0.2) is 15.4 Å². The summed E-state index contributed by atoms with van der Waals surface area (Å²) in [4.78, 5) is 4.13. The Balaban J connectivity index is 2.24. The van der Waals surface area contributed by atoms with E-state index in [9.17, 15) is 5.11 Å². The number of aromatic nitrogens is 3. The Bertz CT molecular complexity index is 495. The molecule has 0 bridgehead atoms. The highest BCUT2D eigenvalue weighted by molar-refractivity contribution is 9.10. The lowest BCUT2D eigenvalue weighted by molar-refractivity contribution is 0.171. The number of halogens is 1. The van der Waals surface area contributed by atoms with Gasteiger partial charge in [-0.2, -0.15) is 5.10 Å². The highest BCUT2D eigenvalue weighted by Gasteiger charge is 2.18. The van der Waals surface area contributed by atoms with E-state index in [2.05, 4.69) is 26.0 Å². The summed E-state index contributed by atoms with van der Waals surface area (Å²) in [5, 5.41) is 16.4. The quantitative estimate of drug-likeness (QED) is 0.943. The standard InChI is InChI=1S/C11H14BrN3OS/c1-3-15-9(11(12)7(2)14-15)4-10(16)8-5-17-6-13-8/h5-6,10,16H,3-4H2,1-2H3. The Hall–Kier alpha value is -0.720. The van der Waals surface area contributed by atoms with Gasteiger partial charge in [-0.3, -0.25) is 4.68 Å². The van der Waals surface area contributed by atoms with E-state index >= 15 is 0 Å². The van der Waals surface area contributed by atoms with Crippen molar-refractivity contribution in [3.05, 3.63) is 32.4 Å². The van der Waals surface area contributed by atoms with Gasteiger partial charge in [0.1, 0.15) is 6.10 Å². The topological polar surface area (TPSA) is 50.9 Å². The minimum Gasteiger partial charge on any atom is -0.386 e. The molecule has 0 aliphatic carbocycles. The zero-order chi connectivity index (χ0) is 12.4. The predicted molar refractivity (Wildman–Crippen MR) is 71.1 cm³/mol. The van der Waals surface area contributed by atoms with Crippen molar-refractivity contribution in [2.45, 2.75) is 32.9 Å². The number of hydrogen-bond donors (Lipinski definition) is 1. The summed E-state index contributed by atoms with van der Waals surface area (Å²) in [6, 6.07) is 0. The summed E-state index contributed by atoms with van der Waals surface area (Å²) in [7, 11) is 0. The van der Waals surface area contributed by atoms with Crippen LogP contribution in [0.2, 0.25) is 0 Å². The highest BCUT2D eigenvalue weighted by Crippen LogP contribution is 2.26. The average Bonchev–Trinajstić information content (AvgIpc) is 2.92. The Labute approximate surface area is 112 Å². The van der Waals surface area contributed by atoms with E-state index in [0.717, 1.165) is 28.1 Å². The molecule has 0 aromatic carbocycles. The minimum absolute atomic E-state index is 0.527. The van der Waals surface area contributed by atoms with Gasteiger partial charge in [0, 0.05) is 18.3 Å². The first-order chi connectivity index (χ1) is 8.13. The molecule has 2 heterocycles. The third-order valence-corrected chi connectivity index (χ3v) is 4.27.